The molecule has 0 saturated carbocycles. The van der Waals surface area contributed by atoms with E-state index in [-0.39, 0.29) is 16.5 Å². The van der Waals surface area contributed by atoms with Gasteiger partial charge in [0, 0.05) is 10.9 Å². The smallest absolute Gasteiger partial charge is 0.299 e. The van der Waals surface area contributed by atoms with E-state index in [2.05, 4.69) is 10.2 Å². The van der Waals surface area contributed by atoms with Crippen molar-refractivity contribution in [1.82, 2.24) is 14.5 Å². The zero-order chi connectivity index (χ0) is 28.2. The fourth-order valence-electron chi connectivity index (χ4n) is 4.15. The van der Waals surface area contributed by atoms with Crippen molar-refractivity contribution < 1.29 is 14.2 Å². The van der Waals surface area contributed by atoms with Crippen molar-refractivity contribution in [3.8, 4) is 40.3 Å². The third-order valence-corrected chi connectivity index (χ3v) is 6.29. The zero-order valence-electron chi connectivity index (χ0n) is 21.9. The minimum Gasteiger partial charge on any atom is -0.497 e. The van der Waals surface area contributed by atoms with Crippen LogP contribution >= 0.6 is 0 Å². The topological polar surface area (TPSA) is 121 Å². The van der Waals surface area contributed by atoms with Gasteiger partial charge in [-0.1, -0.05) is 0 Å². The van der Waals surface area contributed by atoms with E-state index in [0.29, 0.717) is 34.2 Å². The maximum Gasteiger partial charge on any atom is 0.299 e. The average Bonchev–Trinajstić information content (AvgIpc) is 3.00. The van der Waals surface area contributed by atoms with E-state index in [1.807, 2.05) is 6.07 Å². The van der Waals surface area contributed by atoms with E-state index in [4.69, 9.17) is 14.2 Å². The average molecular weight is 534 g/mol. The van der Waals surface area contributed by atoms with Crippen LogP contribution in [0.25, 0.3) is 27.8 Å². The molecule has 0 N–H and O–H groups in total. The minimum absolute atomic E-state index is 0.0869. The predicted octanol–water partition coefficient (Wildman–Crippen LogP) is 3.99. The highest BCUT2D eigenvalue weighted by molar-refractivity contribution is 5.87. The van der Waals surface area contributed by atoms with E-state index in [9.17, 15) is 14.9 Å². The molecule has 0 radical (unpaired) electrons. The summed E-state index contributed by atoms with van der Waals surface area (Å²) >= 11 is 0. The van der Waals surface area contributed by atoms with Gasteiger partial charge in [0.15, 0.2) is 5.52 Å². The number of rotatable bonds is 7. The molecule has 5 rings (SSSR count). The second kappa shape index (κ2) is 11.0. The number of methoxy groups -OCH3 is 3. The molecule has 0 amide bonds. The molecule has 10 nitrogen and oxygen atoms in total. The highest BCUT2D eigenvalue weighted by Gasteiger charge is 2.20. The number of pyridine rings is 1. The molecule has 0 aliphatic heterocycles. The first-order valence-corrected chi connectivity index (χ1v) is 12.1. The van der Waals surface area contributed by atoms with Gasteiger partial charge in [-0.15, -0.1) is 0 Å². The highest BCUT2D eigenvalue weighted by Crippen LogP contribution is 2.25. The Balaban J connectivity index is 1.77. The Morgan fingerprint density at radius 2 is 1.35 bits per heavy atom. The van der Waals surface area contributed by atoms with Crippen molar-refractivity contribution in [1.29, 1.82) is 5.26 Å². The van der Waals surface area contributed by atoms with Gasteiger partial charge < -0.3 is 14.2 Å². The molecular formula is C30H23N5O5. The standard InChI is InChI=1S/C30H23N5O5/c1-38-22-10-4-19(5-11-22)18-32-35-27(20-6-12-23(39-2)13-7-20)16-25-26(17-31)29(36)34(33-28(25)30(35)37)21-8-14-24(40-3)15-9-21/h4-16,18H,1-3H3/b32-18+. The molecule has 10 heteroatoms. The van der Waals surface area contributed by atoms with Crippen LogP contribution in [0.3, 0.4) is 0 Å². The van der Waals surface area contributed by atoms with Crippen LogP contribution in [-0.4, -0.2) is 42.0 Å². The van der Waals surface area contributed by atoms with Crippen LogP contribution in [0.15, 0.2) is 93.6 Å². The maximum absolute atomic E-state index is 13.9. The van der Waals surface area contributed by atoms with Crippen molar-refractivity contribution in [2.45, 2.75) is 0 Å². The highest BCUT2D eigenvalue weighted by atomic mass is 16.5. The summed E-state index contributed by atoms with van der Waals surface area (Å²) in [7, 11) is 4.66. The molecule has 2 heterocycles. The number of fused-ring (bicyclic) bond motifs is 1. The second-order valence-electron chi connectivity index (χ2n) is 8.56. The van der Waals surface area contributed by atoms with Crippen molar-refractivity contribution in [3.05, 3.63) is 111 Å². The molecule has 0 spiro atoms. The van der Waals surface area contributed by atoms with Gasteiger partial charge in [-0.05, 0) is 84.4 Å². The van der Waals surface area contributed by atoms with Crippen LogP contribution in [0.4, 0.5) is 0 Å². The van der Waals surface area contributed by atoms with Gasteiger partial charge in [0.1, 0.15) is 28.9 Å². The largest absolute Gasteiger partial charge is 0.497 e. The molecular weight excluding hydrogens is 510 g/mol. The van der Waals surface area contributed by atoms with E-state index in [0.717, 1.165) is 10.2 Å². The summed E-state index contributed by atoms with van der Waals surface area (Å²) in [5, 5.41) is 19.0. The van der Waals surface area contributed by atoms with E-state index >= 15 is 0 Å². The molecule has 0 atom stereocenters. The summed E-state index contributed by atoms with van der Waals surface area (Å²) in [6.45, 7) is 0. The molecule has 0 unspecified atom stereocenters. The molecule has 0 aliphatic rings. The van der Waals surface area contributed by atoms with Crippen molar-refractivity contribution in [2.75, 3.05) is 21.3 Å². The van der Waals surface area contributed by atoms with Crippen LogP contribution < -0.4 is 25.3 Å². The number of nitriles is 1. The van der Waals surface area contributed by atoms with Crippen LogP contribution in [0.1, 0.15) is 11.1 Å². The van der Waals surface area contributed by atoms with E-state index < -0.39 is 11.1 Å². The third-order valence-electron chi connectivity index (χ3n) is 6.29. The molecule has 5 aromatic rings. The number of hydrogen-bond acceptors (Lipinski definition) is 8. The molecule has 2 aromatic heterocycles. The summed E-state index contributed by atoms with van der Waals surface area (Å²) < 4.78 is 17.9. The lowest BCUT2D eigenvalue weighted by atomic mass is 10.1. The van der Waals surface area contributed by atoms with Crippen LogP contribution in [-0.2, 0) is 0 Å². The van der Waals surface area contributed by atoms with Gasteiger partial charge in [-0.25, -0.2) is 0 Å². The van der Waals surface area contributed by atoms with E-state index in [1.54, 1.807) is 93.1 Å². The lowest BCUT2D eigenvalue weighted by Gasteiger charge is -2.13. The Kier molecular flexibility index (Phi) is 7.11. The van der Waals surface area contributed by atoms with Crippen molar-refractivity contribution in [3.63, 3.8) is 0 Å². The summed E-state index contributed by atoms with van der Waals surface area (Å²) in [5.74, 6) is 1.89. The van der Waals surface area contributed by atoms with Crippen LogP contribution in [0.2, 0.25) is 0 Å². The number of benzene rings is 3. The monoisotopic (exact) mass is 533 g/mol. The van der Waals surface area contributed by atoms with Gasteiger partial charge in [-0.3, -0.25) is 9.59 Å². The summed E-state index contributed by atoms with van der Waals surface area (Å²) in [5.41, 5.74) is 0.528. The number of ether oxygens (including phenoxy) is 3. The molecule has 0 bridgehead atoms. The van der Waals surface area contributed by atoms with Gasteiger partial charge in [-0.2, -0.15) is 24.8 Å². The molecule has 0 saturated heterocycles. The predicted molar refractivity (Wildman–Crippen MR) is 151 cm³/mol. The quantitative estimate of drug-likeness (QED) is 0.290. The Morgan fingerprint density at radius 1 is 0.800 bits per heavy atom. The third kappa shape index (κ3) is 4.79. The lowest BCUT2D eigenvalue weighted by Crippen LogP contribution is -2.29. The molecule has 0 aliphatic carbocycles. The van der Waals surface area contributed by atoms with E-state index in [1.165, 1.54) is 18.0 Å². The fraction of sp³-hybridized carbons (Fsp3) is 0.100. The Bertz CT molecular complexity index is 1880. The fourth-order valence-corrected chi connectivity index (χ4v) is 4.15. The summed E-state index contributed by atoms with van der Waals surface area (Å²) in [6, 6.07) is 24.3. The first-order chi connectivity index (χ1) is 19.5. The first-order valence-electron chi connectivity index (χ1n) is 12.1. The summed E-state index contributed by atoms with van der Waals surface area (Å²) in [6.07, 6.45) is 1.53. The molecule has 3 aromatic carbocycles. The normalized spacial score (nSPS) is 10.9. The van der Waals surface area contributed by atoms with Gasteiger partial charge in [0.25, 0.3) is 11.1 Å². The number of nitrogens with zero attached hydrogens (tertiary/aromatic N) is 5. The minimum atomic E-state index is -0.653. The van der Waals surface area contributed by atoms with Gasteiger partial charge in [0.2, 0.25) is 0 Å². The van der Waals surface area contributed by atoms with Crippen molar-refractivity contribution in [2.24, 2.45) is 5.10 Å². The number of aromatic nitrogens is 3. The Labute approximate surface area is 228 Å². The van der Waals surface area contributed by atoms with Crippen LogP contribution in [0.5, 0.6) is 17.2 Å². The SMILES string of the molecule is COc1ccc(/C=N/n2c(-c3ccc(OC)cc3)cc3c(C#N)c(=O)n(-c4ccc(OC)cc4)nc3c2=O)cc1. The summed E-state index contributed by atoms with van der Waals surface area (Å²) in [4.78, 5) is 27.3. The molecule has 0 fully saturated rings. The Hall–Kier alpha value is -5.69. The van der Waals surface area contributed by atoms with Crippen molar-refractivity contribution >= 4 is 17.1 Å². The maximum atomic E-state index is 13.9. The van der Waals surface area contributed by atoms with Crippen LogP contribution in [0, 0.1) is 11.3 Å². The Morgan fingerprint density at radius 3 is 1.90 bits per heavy atom. The second-order valence-corrected chi connectivity index (χ2v) is 8.56. The zero-order valence-corrected chi connectivity index (χ0v) is 21.9. The lowest BCUT2D eigenvalue weighted by molar-refractivity contribution is 0.414. The molecule has 40 heavy (non-hydrogen) atoms. The molecule has 198 valence electrons. The number of hydrogen-bond donors (Lipinski definition) is 0. The van der Waals surface area contributed by atoms with Gasteiger partial charge >= 0.3 is 0 Å². The van der Waals surface area contributed by atoms with Gasteiger partial charge in [0.05, 0.1) is 38.9 Å². The first kappa shape index (κ1) is 25.9.